The number of carbonyl (C=O) groups is 1. The van der Waals surface area contributed by atoms with Gasteiger partial charge in [0.05, 0.1) is 6.04 Å². The van der Waals surface area contributed by atoms with Crippen molar-refractivity contribution in [1.29, 1.82) is 0 Å². The van der Waals surface area contributed by atoms with E-state index in [0.29, 0.717) is 19.6 Å². The molecule has 0 spiro atoms. The molecule has 0 aliphatic carbocycles. The summed E-state index contributed by atoms with van der Waals surface area (Å²) in [5.74, 6) is -0.0252. The first-order valence-electron chi connectivity index (χ1n) is 7.21. The number of benzene rings is 1. The molecule has 0 heterocycles. The van der Waals surface area contributed by atoms with E-state index in [9.17, 15) is 4.79 Å². The lowest BCUT2D eigenvalue weighted by Crippen LogP contribution is -2.41. The number of rotatable bonds is 8. The van der Waals surface area contributed by atoms with Crippen LogP contribution in [-0.4, -0.2) is 51.7 Å². The van der Waals surface area contributed by atoms with Crippen LogP contribution in [0.5, 0.6) is 0 Å². The van der Waals surface area contributed by atoms with E-state index in [1.165, 1.54) is 0 Å². The first-order valence-corrected chi connectivity index (χ1v) is 7.21. The summed E-state index contributed by atoms with van der Waals surface area (Å²) in [5, 5.41) is 0. The second kappa shape index (κ2) is 8.64. The zero-order valence-corrected chi connectivity index (χ0v) is 13.5. The molecule has 5 nitrogen and oxygen atoms in total. The van der Waals surface area contributed by atoms with Gasteiger partial charge in [-0.1, -0.05) is 12.1 Å². The van der Waals surface area contributed by atoms with E-state index in [2.05, 4.69) is 0 Å². The van der Waals surface area contributed by atoms with Crippen molar-refractivity contribution in [2.45, 2.75) is 25.4 Å². The normalized spacial score (nSPS) is 12.0. The first-order chi connectivity index (χ1) is 9.95. The molecular weight excluding hydrogens is 266 g/mol. The number of hydrogen-bond acceptors (Lipinski definition) is 4. The molecular formula is C16H27N3O2. The summed E-state index contributed by atoms with van der Waals surface area (Å²) in [4.78, 5) is 15.9. The molecule has 0 aliphatic rings. The average molecular weight is 293 g/mol. The molecule has 1 amide bonds. The predicted molar refractivity (Wildman–Crippen MR) is 86.3 cm³/mol. The van der Waals surface area contributed by atoms with Gasteiger partial charge < -0.3 is 20.3 Å². The third-order valence-corrected chi connectivity index (χ3v) is 3.43. The summed E-state index contributed by atoms with van der Waals surface area (Å²) < 4.78 is 4.97. The monoisotopic (exact) mass is 293 g/mol. The van der Waals surface area contributed by atoms with E-state index < -0.39 is 6.04 Å². The van der Waals surface area contributed by atoms with Crippen LogP contribution in [0.25, 0.3) is 0 Å². The Labute approximate surface area is 127 Å². The average Bonchev–Trinajstić information content (AvgIpc) is 2.47. The van der Waals surface area contributed by atoms with Gasteiger partial charge in [0.15, 0.2) is 0 Å². The molecule has 1 aromatic carbocycles. The van der Waals surface area contributed by atoms with Crippen LogP contribution in [0.1, 0.15) is 18.4 Å². The Hall–Kier alpha value is -1.59. The molecule has 0 saturated carbocycles. The molecule has 1 unspecified atom stereocenters. The second-order valence-electron chi connectivity index (χ2n) is 5.50. The molecule has 2 N–H and O–H groups in total. The number of hydrogen-bond donors (Lipinski definition) is 1. The van der Waals surface area contributed by atoms with Crippen molar-refractivity contribution in [2.75, 3.05) is 39.8 Å². The van der Waals surface area contributed by atoms with Crippen LogP contribution >= 0.6 is 0 Å². The van der Waals surface area contributed by atoms with Crippen LogP contribution in [0, 0.1) is 0 Å². The van der Waals surface area contributed by atoms with Gasteiger partial charge in [-0.2, -0.15) is 0 Å². The maximum absolute atomic E-state index is 12.2. The van der Waals surface area contributed by atoms with Crippen molar-refractivity contribution in [1.82, 2.24) is 4.90 Å². The maximum Gasteiger partial charge on any atom is 0.239 e. The summed E-state index contributed by atoms with van der Waals surface area (Å²) in [7, 11) is 7.45. The van der Waals surface area contributed by atoms with Crippen LogP contribution in [0.2, 0.25) is 0 Å². The van der Waals surface area contributed by atoms with Crippen molar-refractivity contribution in [3.05, 3.63) is 29.8 Å². The highest BCUT2D eigenvalue weighted by Crippen LogP contribution is 2.13. The number of nitrogens with two attached hydrogens (primary N) is 1. The fraction of sp³-hybridized carbons (Fsp3) is 0.562. The molecule has 0 aliphatic heterocycles. The van der Waals surface area contributed by atoms with E-state index in [1.54, 1.807) is 19.1 Å². The number of nitrogens with zero attached hydrogens (tertiary/aromatic N) is 2. The molecule has 118 valence electrons. The third-order valence-electron chi connectivity index (χ3n) is 3.43. The van der Waals surface area contributed by atoms with Gasteiger partial charge >= 0.3 is 0 Å². The highest BCUT2D eigenvalue weighted by atomic mass is 16.5. The predicted octanol–water partition coefficient (Wildman–Crippen LogP) is 1.46. The Morgan fingerprint density at radius 2 is 1.86 bits per heavy atom. The Kier molecular flexibility index (Phi) is 7.19. The number of ether oxygens (including phenoxy) is 1. The summed E-state index contributed by atoms with van der Waals surface area (Å²) >= 11 is 0. The molecule has 0 saturated heterocycles. The second-order valence-corrected chi connectivity index (χ2v) is 5.50. The number of carbonyl (C=O) groups excluding carboxylic acids is 1. The van der Waals surface area contributed by atoms with Gasteiger partial charge in [0.2, 0.25) is 5.91 Å². The lowest BCUT2D eigenvalue weighted by Gasteiger charge is -2.22. The van der Waals surface area contributed by atoms with Crippen molar-refractivity contribution in [2.24, 2.45) is 5.73 Å². The van der Waals surface area contributed by atoms with Crippen LogP contribution in [0.15, 0.2) is 24.3 Å². The van der Waals surface area contributed by atoms with Gasteiger partial charge in [0.25, 0.3) is 0 Å². The lowest BCUT2D eigenvalue weighted by atomic mass is 10.1. The van der Waals surface area contributed by atoms with Crippen molar-refractivity contribution < 1.29 is 9.53 Å². The van der Waals surface area contributed by atoms with E-state index in [4.69, 9.17) is 10.5 Å². The number of methoxy groups -OCH3 is 1. The summed E-state index contributed by atoms with van der Waals surface area (Å²) in [5.41, 5.74) is 8.16. The fourth-order valence-electron chi connectivity index (χ4n) is 2.11. The SMILES string of the molecule is COCCCC(N)C(=O)N(C)Cc1ccc(N(C)C)cc1. The topological polar surface area (TPSA) is 58.8 Å². The largest absolute Gasteiger partial charge is 0.385 e. The zero-order chi connectivity index (χ0) is 15.8. The summed E-state index contributed by atoms with van der Waals surface area (Å²) in [6.45, 7) is 1.21. The van der Waals surface area contributed by atoms with E-state index in [1.807, 2.05) is 43.3 Å². The van der Waals surface area contributed by atoms with Crippen molar-refractivity contribution >= 4 is 11.6 Å². The highest BCUT2D eigenvalue weighted by molar-refractivity contribution is 5.81. The summed E-state index contributed by atoms with van der Waals surface area (Å²) in [6.07, 6.45) is 1.45. The maximum atomic E-state index is 12.2. The minimum Gasteiger partial charge on any atom is -0.385 e. The van der Waals surface area contributed by atoms with Gasteiger partial charge in [0.1, 0.15) is 0 Å². The highest BCUT2D eigenvalue weighted by Gasteiger charge is 2.17. The minimum absolute atomic E-state index is 0.0252. The quantitative estimate of drug-likeness (QED) is 0.737. The standard InChI is InChI=1S/C16H27N3O2/c1-18(2)14-9-7-13(8-10-14)12-19(3)16(20)15(17)6-5-11-21-4/h7-10,15H,5-6,11-12,17H2,1-4H3. The van der Waals surface area contributed by atoms with Crippen LogP contribution in [0.4, 0.5) is 5.69 Å². The van der Waals surface area contributed by atoms with Crippen molar-refractivity contribution in [3.63, 3.8) is 0 Å². The number of amides is 1. The number of likely N-dealkylation sites (N-methyl/N-ethyl adjacent to an activating group) is 1. The Morgan fingerprint density at radius 3 is 2.38 bits per heavy atom. The van der Waals surface area contributed by atoms with Gasteiger partial charge in [-0.25, -0.2) is 0 Å². The van der Waals surface area contributed by atoms with Gasteiger partial charge in [-0.3, -0.25) is 4.79 Å². The van der Waals surface area contributed by atoms with Gasteiger partial charge in [-0.05, 0) is 30.5 Å². The lowest BCUT2D eigenvalue weighted by molar-refractivity contribution is -0.132. The minimum atomic E-state index is -0.453. The first kappa shape index (κ1) is 17.5. The van der Waals surface area contributed by atoms with E-state index >= 15 is 0 Å². The van der Waals surface area contributed by atoms with E-state index in [0.717, 1.165) is 17.7 Å². The molecule has 0 bridgehead atoms. The molecule has 0 radical (unpaired) electrons. The van der Waals surface area contributed by atoms with Crippen LogP contribution in [0.3, 0.4) is 0 Å². The molecule has 0 aromatic heterocycles. The number of anilines is 1. The Morgan fingerprint density at radius 1 is 1.24 bits per heavy atom. The Balaban J connectivity index is 2.51. The van der Waals surface area contributed by atoms with Crippen LogP contribution < -0.4 is 10.6 Å². The summed E-state index contributed by atoms with van der Waals surface area (Å²) in [6, 6.07) is 7.72. The molecule has 5 heteroatoms. The smallest absolute Gasteiger partial charge is 0.239 e. The zero-order valence-electron chi connectivity index (χ0n) is 13.5. The molecule has 1 atom stereocenters. The fourth-order valence-corrected chi connectivity index (χ4v) is 2.11. The molecule has 1 rings (SSSR count). The Bertz CT molecular complexity index is 432. The molecule has 0 fully saturated rings. The van der Waals surface area contributed by atoms with Crippen molar-refractivity contribution in [3.8, 4) is 0 Å². The van der Waals surface area contributed by atoms with Crippen LogP contribution in [-0.2, 0) is 16.1 Å². The van der Waals surface area contributed by atoms with E-state index in [-0.39, 0.29) is 5.91 Å². The third kappa shape index (κ3) is 5.73. The molecule has 1 aromatic rings. The van der Waals surface area contributed by atoms with Gasteiger partial charge in [0, 0.05) is 47.1 Å². The van der Waals surface area contributed by atoms with Gasteiger partial charge in [-0.15, -0.1) is 0 Å². The molecule has 21 heavy (non-hydrogen) atoms.